The number of aromatic nitrogens is 4. The summed E-state index contributed by atoms with van der Waals surface area (Å²) < 4.78 is 12.6. The van der Waals surface area contributed by atoms with E-state index in [4.69, 9.17) is 9.15 Å². The second-order valence-corrected chi connectivity index (χ2v) is 6.71. The lowest BCUT2D eigenvalue weighted by Gasteiger charge is -2.13. The van der Waals surface area contributed by atoms with Gasteiger partial charge in [-0.1, -0.05) is 20.8 Å². The smallest absolute Gasteiger partial charge is 0.342 e. The van der Waals surface area contributed by atoms with Crippen LogP contribution < -0.4 is 0 Å². The zero-order valence-electron chi connectivity index (χ0n) is 14.7. The van der Waals surface area contributed by atoms with Gasteiger partial charge in [0.15, 0.2) is 6.61 Å². The van der Waals surface area contributed by atoms with E-state index in [1.807, 2.05) is 39.8 Å². The summed E-state index contributed by atoms with van der Waals surface area (Å²) in [4.78, 5) is 20.5. The minimum Gasteiger partial charge on any atom is -0.452 e. The van der Waals surface area contributed by atoms with Gasteiger partial charge in [-0.15, -0.1) is 0 Å². The summed E-state index contributed by atoms with van der Waals surface area (Å²) >= 11 is 0. The van der Waals surface area contributed by atoms with Crippen LogP contribution in [0.2, 0.25) is 0 Å². The van der Waals surface area contributed by atoms with E-state index in [1.165, 1.54) is 6.20 Å². The second kappa shape index (κ2) is 6.51. The zero-order chi connectivity index (χ0) is 18.0. The summed E-state index contributed by atoms with van der Waals surface area (Å²) in [7, 11) is 0. The van der Waals surface area contributed by atoms with Crippen LogP contribution in [0.15, 0.2) is 41.3 Å². The maximum atomic E-state index is 12.3. The average molecular weight is 340 g/mol. The first-order chi connectivity index (χ1) is 11.9. The Balaban J connectivity index is 1.70. The highest BCUT2D eigenvalue weighted by Crippen LogP contribution is 2.23. The number of oxazole rings is 1. The molecular formula is C18H20N4O3. The summed E-state index contributed by atoms with van der Waals surface area (Å²) in [5.74, 6) is 0.658. The molecule has 0 bridgehead atoms. The molecule has 0 aliphatic rings. The van der Waals surface area contributed by atoms with Crippen LogP contribution in [-0.4, -0.2) is 25.7 Å². The Bertz CT molecular complexity index is 875. The van der Waals surface area contributed by atoms with E-state index in [0.717, 1.165) is 11.4 Å². The molecule has 0 atom stereocenters. The Kier molecular flexibility index (Phi) is 4.39. The molecule has 130 valence electrons. The van der Waals surface area contributed by atoms with Crippen molar-refractivity contribution in [2.24, 2.45) is 0 Å². The lowest BCUT2D eigenvalue weighted by Crippen LogP contribution is -2.09. The van der Waals surface area contributed by atoms with Crippen LogP contribution >= 0.6 is 0 Å². The highest BCUT2D eigenvalue weighted by atomic mass is 16.5. The molecule has 0 unspecified atom stereocenters. The number of rotatable bonds is 4. The number of esters is 1. The number of hydrogen-bond donors (Lipinski definition) is 0. The topological polar surface area (TPSA) is 83.0 Å². The molecule has 3 aromatic heterocycles. The normalized spacial score (nSPS) is 11.5. The van der Waals surface area contributed by atoms with Gasteiger partial charge in [-0.05, 0) is 19.1 Å². The van der Waals surface area contributed by atoms with Crippen LogP contribution in [0.4, 0.5) is 0 Å². The molecule has 0 aliphatic heterocycles. The van der Waals surface area contributed by atoms with Crippen LogP contribution in [0.5, 0.6) is 0 Å². The first-order valence-electron chi connectivity index (χ1n) is 7.93. The van der Waals surface area contributed by atoms with Gasteiger partial charge in [0.1, 0.15) is 11.3 Å². The summed E-state index contributed by atoms with van der Waals surface area (Å²) in [6, 6.07) is 3.63. The average Bonchev–Trinajstić information content (AvgIpc) is 3.20. The van der Waals surface area contributed by atoms with Gasteiger partial charge < -0.3 is 9.15 Å². The molecule has 0 amide bonds. The van der Waals surface area contributed by atoms with Crippen molar-refractivity contribution in [1.29, 1.82) is 0 Å². The Labute approximate surface area is 145 Å². The Morgan fingerprint density at radius 2 is 1.96 bits per heavy atom. The van der Waals surface area contributed by atoms with Gasteiger partial charge in [0.2, 0.25) is 5.89 Å². The molecule has 25 heavy (non-hydrogen) atoms. The first kappa shape index (κ1) is 16.9. The standard InChI is InChI=1S/C18H20N4O3/c1-12-14(9-21-22(12)13-5-7-19-8-6-13)17(23)24-11-16-20-10-15(25-16)18(2,3)4/h5-10H,11H2,1-4H3. The minimum atomic E-state index is -0.465. The largest absolute Gasteiger partial charge is 0.452 e. The van der Waals surface area contributed by atoms with E-state index in [1.54, 1.807) is 23.3 Å². The van der Waals surface area contributed by atoms with E-state index in [0.29, 0.717) is 17.1 Å². The molecule has 0 radical (unpaired) electrons. The Morgan fingerprint density at radius 1 is 1.24 bits per heavy atom. The maximum absolute atomic E-state index is 12.3. The highest BCUT2D eigenvalue weighted by Gasteiger charge is 2.21. The summed E-state index contributed by atoms with van der Waals surface area (Å²) in [6.45, 7) is 7.88. The third kappa shape index (κ3) is 3.60. The predicted octanol–water partition coefficient (Wildman–Crippen LogP) is 3.22. The monoisotopic (exact) mass is 340 g/mol. The molecule has 7 heteroatoms. The van der Waals surface area contributed by atoms with Gasteiger partial charge in [-0.25, -0.2) is 14.5 Å². The molecule has 0 aliphatic carbocycles. The molecule has 0 saturated carbocycles. The van der Waals surface area contributed by atoms with Gasteiger partial charge in [0, 0.05) is 17.8 Å². The molecule has 0 fully saturated rings. The SMILES string of the molecule is Cc1c(C(=O)OCc2ncc(C(C)(C)C)o2)cnn1-c1ccncc1. The Hall–Kier alpha value is -2.96. The van der Waals surface area contributed by atoms with E-state index in [9.17, 15) is 4.79 Å². The fourth-order valence-electron chi connectivity index (χ4n) is 2.28. The number of pyridine rings is 1. The lowest BCUT2D eigenvalue weighted by atomic mass is 9.94. The fraction of sp³-hybridized carbons (Fsp3) is 0.333. The lowest BCUT2D eigenvalue weighted by molar-refractivity contribution is 0.0434. The van der Waals surface area contributed by atoms with Crippen LogP contribution in [0.1, 0.15) is 48.5 Å². The number of carbonyl (C=O) groups is 1. The first-order valence-corrected chi connectivity index (χ1v) is 7.93. The summed E-state index contributed by atoms with van der Waals surface area (Å²) in [5.41, 5.74) is 1.78. The number of carbonyl (C=O) groups excluding carboxylic acids is 1. The summed E-state index contributed by atoms with van der Waals surface area (Å²) in [6.07, 6.45) is 6.50. The number of nitrogens with zero attached hydrogens (tertiary/aromatic N) is 4. The van der Waals surface area contributed by atoms with Crippen molar-refractivity contribution in [2.45, 2.75) is 39.7 Å². The molecule has 0 spiro atoms. The predicted molar refractivity (Wildman–Crippen MR) is 90.4 cm³/mol. The van der Waals surface area contributed by atoms with Crippen molar-refractivity contribution in [2.75, 3.05) is 0 Å². The van der Waals surface area contributed by atoms with E-state index in [2.05, 4.69) is 15.1 Å². The van der Waals surface area contributed by atoms with Gasteiger partial charge in [0.05, 0.1) is 23.8 Å². The Morgan fingerprint density at radius 3 is 2.60 bits per heavy atom. The molecule has 3 aromatic rings. The molecule has 7 nitrogen and oxygen atoms in total. The van der Waals surface area contributed by atoms with Crippen molar-refractivity contribution < 1.29 is 13.9 Å². The van der Waals surface area contributed by atoms with Crippen LogP contribution in [0.25, 0.3) is 5.69 Å². The van der Waals surface area contributed by atoms with E-state index in [-0.39, 0.29) is 12.0 Å². The van der Waals surface area contributed by atoms with Crippen LogP contribution in [-0.2, 0) is 16.8 Å². The third-order valence-electron chi connectivity index (χ3n) is 3.76. The molecule has 0 N–H and O–H groups in total. The number of ether oxygens (including phenoxy) is 1. The highest BCUT2D eigenvalue weighted by molar-refractivity contribution is 5.90. The van der Waals surface area contributed by atoms with Crippen LogP contribution in [0, 0.1) is 6.92 Å². The van der Waals surface area contributed by atoms with Crippen molar-refractivity contribution in [1.82, 2.24) is 19.7 Å². The fourth-order valence-corrected chi connectivity index (χ4v) is 2.28. The summed E-state index contributed by atoms with van der Waals surface area (Å²) in [5, 5.41) is 4.25. The van der Waals surface area contributed by atoms with Gasteiger partial charge in [0.25, 0.3) is 0 Å². The van der Waals surface area contributed by atoms with E-state index < -0.39 is 5.97 Å². The van der Waals surface area contributed by atoms with Crippen molar-refractivity contribution >= 4 is 5.97 Å². The van der Waals surface area contributed by atoms with Gasteiger partial charge >= 0.3 is 5.97 Å². The van der Waals surface area contributed by atoms with Crippen molar-refractivity contribution in [3.63, 3.8) is 0 Å². The zero-order valence-corrected chi connectivity index (χ0v) is 14.7. The van der Waals surface area contributed by atoms with Gasteiger partial charge in [-0.2, -0.15) is 5.10 Å². The molecular weight excluding hydrogens is 320 g/mol. The van der Waals surface area contributed by atoms with Crippen LogP contribution in [0.3, 0.4) is 0 Å². The molecule has 3 rings (SSSR count). The second-order valence-electron chi connectivity index (χ2n) is 6.71. The minimum absolute atomic E-state index is 0.0191. The van der Waals surface area contributed by atoms with Gasteiger partial charge in [-0.3, -0.25) is 4.98 Å². The quantitative estimate of drug-likeness (QED) is 0.678. The van der Waals surface area contributed by atoms with Crippen molar-refractivity contribution in [3.05, 3.63) is 59.8 Å². The van der Waals surface area contributed by atoms with Crippen molar-refractivity contribution in [3.8, 4) is 5.69 Å². The number of hydrogen-bond acceptors (Lipinski definition) is 6. The van der Waals surface area contributed by atoms with E-state index >= 15 is 0 Å². The molecule has 0 aromatic carbocycles. The third-order valence-corrected chi connectivity index (χ3v) is 3.76. The molecule has 3 heterocycles. The maximum Gasteiger partial charge on any atom is 0.342 e. The molecule has 0 saturated heterocycles.